The molecule has 0 saturated carbocycles. The summed E-state index contributed by atoms with van der Waals surface area (Å²) in [6.07, 6.45) is 2.17. The standard InChI is InChI=1S/C17H19ClFNO/c1-2-3-10-21-15-7-4-13(5-8-15)12-20-17-9-6-14(18)11-16(17)19/h4-9,11,20H,2-3,10,12H2,1H3. The Morgan fingerprint density at radius 3 is 2.57 bits per heavy atom. The van der Waals surface area contributed by atoms with E-state index >= 15 is 0 Å². The third-order valence-corrected chi connectivity index (χ3v) is 3.34. The number of anilines is 1. The van der Waals surface area contributed by atoms with Gasteiger partial charge in [0.25, 0.3) is 0 Å². The molecule has 0 saturated heterocycles. The maximum atomic E-state index is 13.6. The van der Waals surface area contributed by atoms with Crippen LogP contribution in [0.2, 0.25) is 5.02 Å². The van der Waals surface area contributed by atoms with E-state index in [9.17, 15) is 4.39 Å². The Morgan fingerprint density at radius 1 is 1.14 bits per heavy atom. The minimum absolute atomic E-state index is 0.345. The predicted octanol–water partition coefficient (Wildman–Crippen LogP) is 5.27. The summed E-state index contributed by atoms with van der Waals surface area (Å²) >= 11 is 5.72. The van der Waals surface area contributed by atoms with E-state index in [0.717, 1.165) is 30.8 Å². The first-order valence-corrected chi connectivity index (χ1v) is 7.47. The number of ether oxygens (including phenoxy) is 1. The number of benzene rings is 2. The van der Waals surface area contributed by atoms with Crippen LogP contribution in [0.4, 0.5) is 10.1 Å². The third kappa shape index (κ3) is 4.94. The van der Waals surface area contributed by atoms with Crippen molar-refractivity contribution in [3.05, 3.63) is 58.9 Å². The fourth-order valence-corrected chi connectivity index (χ4v) is 2.03. The molecule has 0 spiro atoms. The van der Waals surface area contributed by atoms with Crippen LogP contribution in [0.25, 0.3) is 0 Å². The minimum Gasteiger partial charge on any atom is -0.494 e. The van der Waals surface area contributed by atoms with Crippen molar-refractivity contribution in [3.8, 4) is 5.75 Å². The lowest BCUT2D eigenvalue weighted by atomic mass is 10.2. The van der Waals surface area contributed by atoms with E-state index < -0.39 is 0 Å². The van der Waals surface area contributed by atoms with Gasteiger partial charge in [0.1, 0.15) is 11.6 Å². The number of hydrogen-bond acceptors (Lipinski definition) is 2. The van der Waals surface area contributed by atoms with Gasteiger partial charge in [-0.05, 0) is 42.3 Å². The Morgan fingerprint density at radius 2 is 1.90 bits per heavy atom. The molecule has 0 radical (unpaired) electrons. The molecule has 2 rings (SSSR count). The van der Waals surface area contributed by atoms with E-state index in [2.05, 4.69) is 12.2 Å². The van der Waals surface area contributed by atoms with E-state index in [0.29, 0.717) is 17.3 Å². The Bertz CT molecular complexity index is 572. The summed E-state index contributed by atoms with van der Waals surface area (Å²) in [5.41, 5.74) is 1.51. The van der Waals surface area contributed by atoms with Crippen LogP contribution >= 0.6 is 11.6 Å². The molecule has 2 aromatic rings. The lowest BCUT2D eigenvalue weighted by Crippen LogP contribution is -2.02. The lowest BCUT2D eigenvalue weighted by molar-refractivity contribution is 0.309. The highest BCUT2D eigenvalue weighted by Gasteiger charge is 2.02. The van der Waals surface area contributed by atoms with Crippen LogP contribution in [-0.4, -0.2) is 6.61 Å². The van der Waals surface area contributed by atoms with Crippen LogP contribution in [0.15, 0.2) is 42.5 Å². The molecule has 0 amide bonds. The van der Waals surface area contributed by atoms with Gasteiger partial charge in [-0.3, -0.25) is 0 Å². The highest BCUT2D eigenvalue weighted by atomic mass is 35.5. The van der Waals surface area contributed by atoms with Crippen LogP contribution in [0.5, 0.6) is 5.75 Å². The van der Waals surface area contributed by atoms with Crippen LogP contribution in [-0.2, 0) is 6.54 Å². The van der Waals surface area contributed by atoms with Crippen molar-refractivity contribution in [1.29, 1.82) is 0 Å². The Hall–Kier alpha value is -1.74. The normalized spacial score (nSPS) is 10.4. The molecule has 0 aliphatic carbocycles. The van der Waals surface area contributed by atoms with Crippen molar-refractivity contribution in [2.24, 2.45) is 0 Å². The molecule has 2 aromatic carbocycles. The van der Waals surface area contributed by atoms with Gasteiger partial charge in [0.05, 0.1) is 12.3 Å². The van der Waals surface area contributed by atoms with E-state index in [-0.39, 0.29) is 5.82 Å². The maximum Gasteiger partial charge on any atom is 0.147 e. The first-order chi connectivity index (χ1) is 10.2. The second kappa shape index (κ2) is 7.89. The van der Waals surface area contributed by atoms with Gasteiger partial charge in [-0.1, -0.05) is 37.1 Å². The monoisotopic (exact) mass is 307 g/mol. The molecule has 1 N–H and O–H groups in total. The van der Waals surface area contributed by atoms with Gasteiger partial charge in [0, 0.05) is 11.6 Å². The average molecular weight is 308 g/mol. The molecule has 0 bridgehead atoms. The molecule has 0 heterocycles. The van der Waals surface area contributed by atoms with Crippen molar-refractivity contribution in [3.63, 3.8) is 0 Å². The van der Waals surface area contributed by atoms with Gasteiger partial charge in [-0.25, -0.2) is 4.39 Å². The predicted molar refractivity (Wildman–Crippen MR) is 85.6 cm³/mol. The third-order valence-electron chi connectivity index (χ3n) is 3.10. The molecule has 0 aromatic heterocycles. The Kier molecular flexibility index (Phi) is 5.88. The molecular formula is C17H19ClFNO. The van der Waals surface area contributed by atoms with Gasteiger partial charge in [0.2, 0.25) is 0 Å². The topological polar surface area (TPSA) is 21.3 Å². The first-order valence-electron chi connectivity index (χ1n) is 7.09. The fourth-order valence-electron chi connectivity index (χ4n) is 1.87. The number of halogens is 2. The van der Waals surface area contributed by atoms with Crippen molar-refractivity contribution in [2.45, 2.75) is 26.3 Å². The van der Waals surface area contributed by atoms with E-state index in [4.69, 9.17) is 16.3 Å². The number of nitrogens with one attached hydrogen (secondary N) is 1. The highest BCUT2D eigenvalue weighted by Crippen LogP contribution is 2.20. The molecular weight excluding hydrogens is 289 g/mol. The van der Waals surface area contributed by atoms with Crippen molar-refractivity contribution >= 4 is 17.3 Å². The number of hydrogen-bond donors (Lipinski definition) is 1. The SMILES string of the molecule is CCCCOc1ccc(CNc2ccc(Cl)cc2F)cc1. The smallest absolute Gasteiger partial charge is 0.147 e. The minimum atomic E-state index is -0.345. The van der Waals surface area contributed by atoms with Gasteiger partial charge in [-0.15, -0.1) is 0 Å². The second-order valence-corrected chi connectivity index (χ2v) is 5.26. The highest BCUT2D eigenvalue weighted by molar-refractivity contribution is 6.30. The van der Waals surface area contributed by atoms with E-state index in [1.807, 2.05) is 24.3 Å². The first kappa shape index (κ1) is 15.6. The molecule has 0 fully saturated rings. The summed E-state index contributed by atoms with van der Waals surface area (Å²) in [7, 11) is 0. The van der Waals surface area contributed by atoms with Crippen LogP contribution in [0.1, 0.15) is 25.3 Å². The summed E-state index contributed by atoms with van der Waals surface area (Å²) in [6, 6.07) is 12.4. The summed E-state index contributed by atoms with van der Waals surface area (Å²) in [4.78, 5) is 0. The zero-order valence-electron chi connectivity index (χ0n) is 12.0. The molecule has 4 heteroatoms. The summed E-state index contributed by atoms with van der Waals surface area (Å²) in [5, 5.41) is 3.45. The van der Waals surface area contributed by atoms with Gasteiger partial charge in [-0.2, -0.15) is 0 Å². The number of unbranched alkanes of at least 4 members (excludes halogenated alkanes) is 1. The largest absolute Gasteiger partial charge is 0.494 e. The maximum absolute atomic E-state index is 13.6. The lowest BCUT2D eigenvalue weighted by Gasteiger charge is -2.09. The summed E-state index contributed by atoms with van der Waals surface area (Å²) in [5.74, 6) is 0.520. The molecule has 0 aliphatic heterocycles. The molecule has 112 valence electrons. The number of rotatable bonds is 7. The summed E-state index contributed by atoms with van der Waals surface area (Å²) in [6.45, 7) is 3.42. The Labute approximate surface area is 129 Å². The van der Waals surface area contributed by atoms with Crippen molar-refractivity contribution in [1.82, 2.24) is 0 Å². The van der Waals surface area contributed by atoms with E-state index in [1.165, 1.54) is 6.07 Å². The fraction of sp³-hybridized carbons (Fsp3) is 0.294. The van der Waals surface area contributed by atoms with Gasteiger partial charge in [0.15, 0.2) is 0 Å². The molecule has 0 unspecified atom stereocenters. The van der Waals surface area contributed by atoms with Crippen molar-refractivity contribution in [2.75, 3.05) is 11.9 Å². The zero-order chi connectivity index (χ0) is 15.1. The molecule has 21 heavy (non-hydrogen) atoms. The second-order valence-electron chi connectivity index (χ2n) is 4.82. The molecule has 2 nitrogen and oxygen atoms in total. The van der Waals surface area contributed by atoms with Gasteiger partial charge >= 0.3 is 0 Å². The quantitative estimate of drug-likeness (QED) is 0.704. The Balaban J connectivity index is 1.88. The average Bonchev–Trinajstić information content (AvgIpc) is 2.48. The van der Waals surface area contributed by atoms with Crippen LogP contribution < -0.4 is 10.1 Å². The van der Waals surface area contributed by atoms with Crippen LogP contribution in [0, 0.1) is 5.82 Å². The molecule has 0 atom stereocenters. The zero-order valence-corrected chi connectivity index (χ0v) is 12.8. The van der Waals surface area contributed by atoms with Crippen LogP contribution in [0.3, 0.4) is 0 Å². The van der Waals surface area contributed by atoms with Crippen molar-refractivity contribution < 1.29 is 9.13 Å². The van der Waals surface area contributed by atoms with Gasteiger partial charge < -0.3 is 10.1 Å². The molecule has 0 aliphatic rings. The van der Waals surface area contributed by atoms with E-state index in [1.54, 1.807) is 12.1 Å². The summed E-state index contributed by atoms with van der Waals surface area (Å²) < 4.78 is 19.2.